The molecule has 2 rings (SSSR count). The Labute approximate surface area is 124 Å². The van der Waals surface area contributed by atoms with E-state index in [2.05, 4.69) is 27.9 Å². The lowest BCUT2D eigenvalue weighted by Gasteiger charge is -2.17. The van der Waals surface area contributed by atoms with Gasteiger partial charge in [-0.3, -0.25) is 4.79 Å². The summed E-state index contributed by atoms with van der Waals surface area (Å²) in [5.74, 6) is -0.0662. The molecule has 1 aromatic carbocycles. The summed E-state index contributed by atoms with van der Waals surface area (Å²) in [6.07, 6.45) is 0. The summed E-state index contributed by atoms with van der Waals surface area (Å²) >= 11 is 3.78. The van der Waals surface area contributed by atoms with Gasteiger partial charge in [-0.1, -0.05) is 12.1 Å². The summed E-state index contributed by atoms with van der Waals surface area (Å²) in [7, 11) is 3.91. The van der Waals surface area contributed by atoms with Gasteiger partial charge in [-0.25, -0.2) is 0 Å². The summed E-state index contributed by atoms with van der Waals surface area (Å²) in [6, 6.07) is 9.65. The molecule has 0 unspecified atom stereocenters. The number of nitrogens with one attached hydrogen (secondary N) is 1. The number of para-hydroxylation sites is 2. The van der Waals surface area contributed by atoms with Crippen LogP contribution in [0.1, 0.15) is 10.4 Å². The smallest absolute Gasteiger partial charge is 0.256 e. The highest BCUT2D eigenvalue weighted by atomic mass is 127. The number of hydrogen-bond acceptors (Lipinski definition) is 3. The Bertz CT molecular complexity index is 566. The number of carbonyl (C=O) groups is 1. The van der Waals surface area contributed by atoms with Crippen molar-refractivity contribution in [2.24, 2.45) is 0 Å². The molecule has 0 saturated carbocycles. The second-order valence-electron chi connectivity index (χ2n) is 4.01. The van der Waals surface area contributed by atoms with Crippen molar-refractivity contribution in [2.45, 2.75) is 0 Å². The average molecular weight is 372 g/mol. The molecule has 0 fully saturated rings. The molecule has 0 bridgehead atoms. The molecule has 0 saturated heterocycles. The number of anilines is 2. The molecule has 1 aromatic heterocycles. The number of nitrogens with zero attached hydrogens (tertiary/aromatic N) is 1. The first-order valence-electron chi connectivity index (χ1n) is 5.39. The molecule has 2 aromatic rings. The Kier molecular flexibility index (Phi) is 4.23. The van der Waals surface area contributed by atoms with Gasteiger partial charge in [0.25, 0.3) is 5.91 Å². The summed E-state index contributed by atoms with van der Waals surface area (Å²) < 4.78 is 1.11. The van der Waals surface area contributed by atoms with Gasteiger partial charge in [0.05, 0.1) is 19.8 Å². The Morgan fingerprint density at radius 1 is 1.33 bits per heavy atom. The third-order valence-electron chi connectivity index (χ3n) is 2.46. The van der Waals surface area contributed by atoms with Gasteiger partial charge in [0, 0.05) is 19.5 Å². The van der Waals surface area contributed by atoms with Gasteiger partial charge in [-0.2, -0.15) is 0 Å². The van der Waals surface area contributed by atoms with Gasteiger partial charge >= 0.3 is 0 Å². The van der Waals surface area contributed by atoms with Gasteiger partial charge in [-0.05, 0) is 40.8 Å². The molecule has 0 aliphatic carbocycles. The molecule has 1 heterocycles. The maximum Gasteiger partial charge on any atom is 0.256 e. The van der Waals surface area contributed by atoms with Crippen LogP contribution in [0.15, 0.2) is 35.7 Å². The summed E-state index contributed by atoms with van der Waals surface area (Å²) in [5, 5.41) is 4.81. The highest BCUT2D eigenvalue weighted by Crippen LogP contribution is 2.25. The number of thiophene rings is 1. The van der Waals surface area contributed by atoms with Crippen LogP contribution in [0.3, 0.4) is 0 Å². The zero-order chi connectivity index (χ0) is 13.1. The highest BCUT2D eigenvalue weighted by molar-refractivity contribution is 14.1. The largest absolute Gasteiger partial charge is 0.376 e. The van der Waals surface area contributed by atoms with Crippen LogP contribution in [-0.4, -0.2) is 20.0 Å². The minimum atomic E-state index is -0.0662. The number of carbonyl (C=O) groups excluding carboxylic acids is 1. The van der Waals surface area contributed by atoms with E-state index in [9.17, 15) is 4.79 Å². The first kappa shape index (κ1) is 13.4. The molecule has 1 N–H and O–H groups in total. The second-order valence-corrected chi connectivity index (χ2v) is 6.81. The molecule has 5 heteroatoms. The molecular formula is C13H13IN2OS. The maximum atomic E-state index is 12.1. The standard InChI is InChI=1S/C13H13IN2OS/c1-16(2)11-6-4-3-5-10(11)15-13(17)9-7-12(14)18-8-9/h3-8H,1-2H3,(H,15,17). The van der Waals surface area contributed by atoms with Crippen molar-refractivity contribution in [2.75, 3.05) is 24.3 Å². The van der Waals surface area contributed by atoms with Crippen LogP contribution in [0.25, 0.3) is 0 Å². The van der Waals surface area contributed by atoms with Gasteiger partial charge in [0.2, 0.25) is 0 Å². The molecule has 0 spiro atoms. The predicted octanol–water partition coefficient (Wildman–Crippen LogP) is 3.67. The Morgan fingerprint density at radius 3 is 2.67 bits per heavy atom. The fraction of sp³-hybridized carbons (Fsp3) is 0.154. The molecule has 0 radical (unpaired) electrons. The molecule has 3 nitrogen and oxygen atoms in total. The van der Waals surface area contributed by atoms with Gasteiger partial charge in [-0.15, -0.1) is 11.3 Å². The molecule has 0 aliphatic heterocycles. The van der Waals surface area contributed by atoms with Crippen LogP contribution < -0.4 is 10.2 Å². The minimum Gasteiger partial charge on any atom is -0.376 e. The van der Waals surface area contributed by atoms with Gasteiger partial charge < -0.3 is 10.2 Å². The van der Waals surface area contributed by atoms with E-state index in [1.165, 1.54) is 0 Å². The van der Waals surface area contributed by atoms with E-state index < -0.39 is 0 Å². The Hall–Kier alpha value is -1.08. The van der Waals surface area contributed by atoms with Crippen LogP contribution in [0.2, 0.25) is 0 Å². The van der Waals surface area contributed by atoms with Crippen molar-refractivity contribution in [1.29, 1.82) is 0 Å². The summed E-state index contributed by atoms with van der Waals surface area (Å²) in [5.41, 5.74) is 2.53. The van der Waals surface area contributed by atoms with Crippen LogP contribution in [-0.2, 0) is 0 Å². The van der Waals surface area contributed by atoms with E-state index >= 15 is 0 Å². The number of amides is 1. The van der Waals surface area contributed by atoms with Crippen LogP contribution in [0.4, 0.5) is 11.4 Å². The van der Waals surface area contributed by atoms with Crippen molar-refractivity contribution in [3.8, 4) is 0 Å². The normalized spacial score (nSPS) is 10.2. The fourth-order valence-electron chi connectivity index (χ4n) is 1.59. The first-order chi connectivity index (χ1) is 8.58. The minimum absolute atomic E-state index is 0.0662. The Balaban J connectivity index is 2.22. The highest BCUT2D eigenvalue weighted by Gasteiger charge is 2.11. The van der Waals surface area contributed by atoms with E-state index in [0.29, 0.717) is 5.56 Å². The summed E-state index contributed by atoms with van der Waals surface area (Å²) in [6.45, 7) is 0. The first-order valence-corrected chi connectivity index (χ1v) is 7.35. The van der Waals surface area contributed by atoms with Crippen molar-refractivity contribution in [1.82, 2.24) is 0 Å². The number of halogens is 1. The number of rotatable bonds is 3. The molecule has 0 atom stereocenters. The van der Waals surface area contributed by atoms with E-state index in [1.54, 1.807) is 11.3 Å². The van der Waals surface area contributed by atoms with Gasteiger partial charge in [0.1, 0.15) is 0 Å². The Morgan fingerprint density at radius 2 is 2.06 bits per heavy atom. The topological polar surface area (TPSA) is 32.3 Å². The van der Waals surface area contributed by atoms with Crippen LogP contribution in [0.5, 0.6) is 0 Å². The third-order valence-corrected chi connectivity index (χ3v) is 4.25. The lowest BCUT2D eigenvalue weighted by Crippen LogP contribution is -2.16. The number of hydrogen-bond donors (Lipinski definition) is 1. The molecule has 18 heavy (non-hydrogen) atoms. The fourth-order valence-corrected chi connectivity index (χ4v) is 2.92. The van der Waals surface area contributed by atoms with Crippen molar-refractivity contribution >= 4 is 51.2 Å². The van der Waals surface area contributed by atoms with Crippen molar-refractivity contribution < 1.29 is 4.79 Å². The van der Waals surface area contributed by atoms with E-state index in [4.69, 9.17) is 0 Å². The van der Waals surface area contributed by atoms with Gasteiger partial charge in [0.15, 0.2) is 0 Å². The number of benzene rings is 1. The van der Waals surface area contributed by atoms with Crippen molar-refractivity contribution in [3.05, 3.63) is 44.2 Å². The monoisotopic (exact) mass is 372 g/mol. The predicted molar refractivity (Wildman–Crippen MR) is 85.8 cm³/mol. The molecule has 94 valence electrons. The van der Waals surface area contributed by atoms with Crippen LogP contribution in [0, 0.1) is 2.88 Å². The van der Waals surface area contributed by atoms with E-state index in [0.717, 1.165) is 14.3 Å². The lowest BCUT2D eigenvalue weighted by molar-refractivity contribution is 0.102. The molecular weight excluding hydrogens is 359 g/mol. The SMILES string of the molecule is CN(C)c1ccccc1NC(=O)c1csc(I)c1. The molecule has 0 aliphatic rings. The zero-order valence-corrected chi connectivity index (χ0v) is 13.1. The van der Waals surface area contributed by atoms with E-state index in [-0.39, 0.29) is 5.91 Å². The van der Waals surface area contributed by atoms with Crippen LogP contribution >= 0.6 is 33.9 Å². The van der Waals surface area contributed by atoms with E-state index in [1.807, 2.05) is 54.7 Å². The quantitative estimate of drug-likeness (QED) is 0.834. The molecule has 1 amide bonds. The average Bonchev–Trinajstić information content (AvgIpc) is 2.76. The third kappa shape index (κ3) is 3.02. The summed E-state index contributed by atoms with van der Waals surface area (Å²) in [4.78, 5) is 14.1. The maximum absolute atomic E-state index is 12.1. The zero-order valence-electron chi connectivity index (χ0n) is 10.1. The van der Waals surface area contributed by atoms with Crippen molar-refractivity contribution in [3.63, 3.8) is 0 Å². The lowest BCUT2D eigenvalue weighted by atomic mass is 10.2. The second kappa shape index (κ2) is 5.71.